The minimum atomic E-state index is -0.171. The van der Waals surface area contributed by atoms with Crippen LogP contribution >= 0.6 is 0 Å². The van der Waals surface area contributed by atoms with Crippen molar-refractivity contribution in [2.45, 2.75) is 25.9 Å². The van der Waals surface area contributed by atoms with E-state index in [0.717, 1.165) is 60.6 Å². The van der Waals surface area contributed by atoms with E-state index in [1.165, 1.54) is 10.3 Å². The van der Waals surface area contributed by atoms with Crippen LogP contribution < -0.4 is 20.3 Å². The first kappa shape index (κ1) is 25.7. The first-order chi connectivity index (χ1) is 19.6. The molecule has 3 aromatic carbocycles. The van der Waals surface area contributed by atoms with Gasteiger partial charge >= 0.3 is 6.03 Å². The molecule has 0 bridgehead atoms. The first-order valence-corrected chi connectivity index (χ1v) is 13.9. The van der Waals surface area contributed by atoms with E-state index < -0.39 is 0 Å². The Hall–Kier alpha value is -4.59. The summed E-state index contributed by atoms with van der Waals surface area (Å²) in [6, 6.07) is 25.6. The average Bonchev–Trinajstić information content (AvgIpc) is 3.54. The average molecular weight is 536 g/mol. The van der Waals surface area contributed by atoms with Gasteiger partial charge in [-0.05, 0) is 79.3 Å². The molecular formula is C32H33N5O3. The summed E-state index contributed by atoms with van der Waals surface area (Å²) >= 11 is 0. The van der Waals surface area contributed by atoms with Gasteiger partial charge in [0.15, 0.2) is 0 Å². The minimum Gasteiger partial charge on any atom is -0.489 e. The van der Waals surface area contributed by atoms with Gasteiger partial charge in [-0.2, -0.15) is 0 Å². The summed E-state index contributed by atoms with van der Waals surface area (Å²) in [5, 5.41) is 6.00. The van der Waals surface area contributed by atoms with Gasteiger partial charge < -0.3 is 20.3 Å². The molecule has 1 saturated heterocycles. The van der Waals surface area contributed by atoms with Crippen molar-refractivity contribution in [2.24, 2.45) is 11.8 Å². The fourth-order valence-corrected chi connectivity index (χ4v) is 4.94. The van der Waals surface area contributed by atoms with E-state index in [0.29, 0.717) is 19.1 Å². The van der Waals surface area contributed by atoms with Crippen LogP contribution in [0.15, 0.2) is 91.4 Å². The predicted molar refractivity (Wildman–Crippen MR) is 155 cm³/mol. The Labute approximate surface area is 234 Å². The number of ether oxygens (including phenoxy) is 1. The third kappa shape index (κ3) is 6.34. The lowest BCUT2D eigenvalue weighted by Crippen LogP contribution is -2.33. The number of anilines is 2. The summed E-state index contributed by atoms with van der Waals surface area (Å²) in [5.74, 6) is 1.46. The van der Waals surface area contributed by atoms with E-state index >= 15 is 0 Å². The Morgan fingerprint density at radius 2 is 1.70 bits per heavy atom. The molecule has 1 atom stereocenters. The van der Waals surface area contributed by atoms with Crippen LogP contribution in [0.2, 0.25) is 0 Å². The number of carbonyl (C=O) groups is 2. The second-order valence-corrected chi connectivity index (χ2v) is 10.6. The van der Waals surface area contributed by atoms with E-state index in [1.807, 2.05) is 54.6 Å². The highest BCUT2D eigenvalue weighted by atomic mass is 16.5. The molecule has 2 heterocycles. The third-order valence-corrected chi connectivity index (χ3v) is 7.49. The number of imidazole rings is 1. The molecule has 8 heteroatoms. The fourth-order valence-electron chi connectivity index (χ4n) is 4.94. The molecule has 6 rings (SSSR count). The number of benzene rings is 3. The molecule has 0 spiro atoms. The van der Waals surface area contributed by atoms with E-state index in [2.05, 4.69) is 44.8 Å². The molecule has 2 aliphatic rings. The van der Waals surface area contributed by atoms with Gasteiger partial charge in [0.2, 0.25) is 5.91 Å². The molecule has 1 saturated carbocycles. The molecule has 40 heavy (non-hydrogen) atoms. The van der Waals surface area contributed by atoms with Gasteiger partial charge in [0.05, 0.1) is 5.69 Å². The van der Waals surface area contributed by atoms with Crippen molar-refractivity contribution in [3.8, 4) is 17.0 Å². The summed E-state index contributed by atoms with van der Waals surface area (Å²) in [6.07, 6.45) is 6.34. The van der Waals surface area contributed by atoms with Gasteiger partial charge in [0.1, 0.15) is 18.7 Å². The lowest BCUT2D eigenvalue weighted by Gasteiger charge is -2.18. The van der Waals surface area contributed by atoms with E-state index in [1.54, 1.807) is 12.5 Å². The van der Waals surface area contributed by atoms with Crippen LogP contribution in [-0.4, -0.2) is 41.1 Å². The van der Waals surface area contributed by atoms with Crippen LogP contribution in [0.3, 0.4) is 0 Å². The Morgan fingerprint density at radius 3 is 2.45 bits per heavy atom. The lowest BCUT2D eigenvalue weighted by molar-refractivity contribution is -0.117. The Morgan fingerprint density at radius 1 is 0.925 bits per heavy atom. The summed E-state index contributed by atoms with van der Waals surface area (Å²) in [5.41, 5.74) is 4.69. The maximum Gasteiger partial charge on any atom is 0.326 e. The molecule has 1 aliphatic carbocycles. The van der Waals surface area contributed by atoms with Crippen molar-refractivity contribution in [2.75, 3.05) is 29.9 Å². The van der Waals surface area contributed by atoms with Crippen molar-refractivity contribution in [1.82, 2.24) is 14.9 Å². The third-order valence-electron chi connectivity index (χ3n) is 7.49. The van der Waals surface area contributed by atoms with Crippen LogP contribution in [0.5, 0.6) is 5.75 Å². The number of nitrogens with one attached hydrogen (secondary N) is 2. The quantitative estimate of drug-likeness (QED) is 0.293. The standard InChI is InChI=1S/C32H33N5O3/c38-31(26-8-9-26)35-27-12-6-23(7-13-27)21-40-29-14-10-25(11-15-29)30-20-37(22-34-30)32(39)33-18-24-16-17-36(19-24)28-4-2-1-3-5-28/h1-7,10-15,20,22,24,26H,8-9,16-19,21H2,(H,33,39)(H,35,38). The molecule has 8 nitrogen and oxygen atoms in total. The number of rotatable bonds is 9. The van der Waals surface area contributed by atoms with E-state index in [9.17, 15) is 9.59 Å². The van der Waals surface area contributed by atoms with Crippen LogP contribution in [0, 0.1) is 11.8 Å². The molecule has 2 fully saturated rings. The topological polar surface area (TPSA) is 88.5 Å². The number of nitrogens with zero attached hydrogens (tertiary/aromatic N) is 3. The van der Waals surface area contributed by atoms with Gasteiger partial charge in [0.25, 0.3) is 0 Å². The number of carbonyl (C=O) groups excluding carboxylic acids is 2. The Bertz CT molecular complexity index is 1450. The van der Waals surface area contributed by atoms with E-state index in [4.69, 9.17) is 4.74 Å². The maximum atomic E-state index is 12.7. The normalized spacial score (nSPS) is 16.5. The summed E-state index contributed by atoms with van der Waals surface area (Å²) in [6.45, 7) is 3.01. The summed E-state index contributed by atoms with van der Waals surface area (Å²) in [7, 11) is 0. The number of para-hydroxylation sites is 1. The molecule has 1 aromatic heterocycles. The Balaban J connectivity index is 0.965. The second kappa shape index (κ2) is 11.7. The van der Waals surface area contributed by atoms with Crippen molar-refractivity contribution < 1.29 is 14.3 Å². The van der Waals surface area contributed by atoms with Gasteiger partial charge in [-0.25, -0.2) is 9.78 Å². The van der Waals surface area contributed by atoms with Crippen molar-refractivity contribution in [3.05, 3.63) is 97.0 Å². The number of hydrogen-bond acceptors (Lipinski definition) is 5. The molecule has 1 unspecified atom stereocenters. The smallest absolute Gasteiger partial charge is 0.326 e. The molecule has 1 aliphatic heterocycles. The minimum absolute atomic E-state index is 0.106. The number of hydrogen-bond donors (Lipinski definition) is 2. The highest BCUT2D eigenvalue weighted by Crippen LogP contribution is 2.30. The van der Waals surface area contributed by atoms with Crippen molar-refractivity contribution in [1.29, 1.82) is 0 Å². The maximum absolute atomic E-state index is 12.7. The summed E-state index contributed by atoms with van der Waals surface area (Å²) in [4.78, 5) is 31.4. The first-order valence-electron chi connectivity index (χ1n) is 13.9. The van der Waals surface area contributed by atoms with Gasteiger partial charge in [-0.3, -0.25) is 9.36 Å². The highest BCUT2D eigenvalue weighted by Gasteiger charge is 2.29. The molecule has 4 aromatic rings. The molecule has 204 valence electrons. The zero-order chi connectivity index (χ0) is 27.3. The van der Waals surface area contributed by atoms with Gasteiger partial charge in [-0.1, -0.05) is 30.3 Å². The molecule has 2 N–H and O–H groups in total. The van der Waals surface area contributed by atoms with Crippen molar-refractivity contribution >= 4 is 23.3 Å². The fraction of sp³-hybridized carbons (Fsp3) is 0.281. The SMILES string of the molecule is O=C(Nc1ccc(COc2ccc(-c3cn(C(=O)NCC4CCN(c5ccccc5)C4)cn3)cc2)cc1)C1CC1. The van der Waals surface area contributed by atoms with Gasteiger partial charge in [-0.15, -0.1) is 0 Å². The van der Waals surface area contributed by atoms with Crippen LogP contribution in [0.4, 0.5) is 16.2 Å². The molecule has 0 radical (unpaired) electrons. The Kier molecular flexibility index (Phi) is 7.48. The monoisotopic (exact) mass is 535 g/mol. The van der Waals surface area contributed by atoms with Gasteiger partial charge in [0, 0.05) is 48.7 Å². The summed E-state index contributed by atoms with van der Waals surface area (Å²) < 4.78 is 7.43. The number of aromatic nitrogens is 2. The van der Waals surface area contributed by atoms with Crippen LogP contribution in [-0.2, 0) is 11.4 Å². The zero-order valence-corrected chi connectivity index (χ0v) is 22.3. The highest BCUT2D eigenvalue weighted by molar-refractivity contribution is 5.94. The second-order valence-electron chi connectivity index (χ2n) is 10.6. The molecule has 2 amide bonds. The van der Waals surface area contributed by atoms with Crippen LogP contribution in [0.1, 0.15) is 24.8 Å². The van der Waals surface area contributed by atoms with Crippen molar-refractivity contribution in [3.63, 3.8) is 0 Å². The zero-order valence-electron chi connectivity index (χ0n) is 22.3. The largest absolute Gasteiger partial charge is 0.489 e. The predicted octanol–water partition coefficient (Wildman–Crippen LogP) is 5.56. The molecular weight excluding hydrogens is 502 g/mol. The van der Waals surface area contributed by atoms with E-state index in [-0.39, 0.29) is 17.9 Å². The number of amides is 2. The van der Waals surface area contributed by atoms with Crippen LogP contribution in [0.25, 0.3) is 11.3 Å². The lowest BCUT2D eigenvalue weighted by atomic mass is 10.1.